The maximum Gasteiger partial charge on any atom is 0.172 e. The molecule has 1 aliphatic carbocycles. The second-order valence-corrected chi connectivity index (χ2v) is 6.27. The van der Waals surface area contributed by atoms with Gasteiger partial charge in [-0.2, -0.15) is 0 Å². The van der Waals surface area contributed by atoms with Crippen LogP contribution in [0.15, 0.2) is 27.8 Å². The minimum absolute atomic E-state index is 0.0855. The molecule has 0 bridgehead atoms. The number of nitrogens with zero attached hydrogens (tertiary/aromatic N) is 2. The number of aliphatic hydroxyl groups excluding tert-OH is 1. The van der Waals surface area contributed by atoms with Gasteiger partial charge in [0.15, 0.2) is 5.84 Å². The van der Waals surface area contributed by atoms with E-state index in [0.29, 0.717) is 18.2 Å². The number of hydrogen-bond donors (Lipinski definition) is 3. The number of aliphatic hydroxyl groups is 1. The van der Waals surface area contributed by atoms with Gasteiger partial charge in [0.25, 0.3) is 0 Å². The van der Waals surface area contributed by atoms with Gasteiger partial charge in [0, 0.05) is 28.3 Å². The first-order valence-corrected chi connectivity index (χ1v) is 8.11. The Hall–Kier alpha value is -1.27. The molecule has 1 aromatic carbocycles. The van der Waals surface area contributed by atoms with Gasteiger partial charge in [0.05, 0.1) is 6.61 Å². The van der Waals surface area contributed by atoms with Gasteiger partial charge in [-0.3, -0.25) is 0 Å². The molecule has 0 unspecified atom stereocenters. The number of halogens is 1. The predicted octanol–water partition coefficient (Wildman–Crippen LogP) is 2.68. The van der Waals surface area contributed by atoms with E-state index in [1.54, 1.807) is 0 Å². The van der Waals surface area contributed by atoms with Crippen molar-refractivity contribution in [3.05, 3.63) is 28.2 Å². The normalized spacial score (nSPS) is 17.0. The molecule has 1 fully saturated rings. The van der Waals surface area contributed by atoms with E-state index in [9.17, 15) is 5.11 Å². The molecule has 0 radical (unpaired) electrons. The molecule has 0 amide bonds. The van der Waals surface area contributed by atoms with Gasteiger partial charge in [-0.1, -0.05) is 40.3 Å². The zero-order chi connectivity index (χ0) is 15.2. The Morgan fingerprint density at radius 1 is 1.33 bits per heavy atom. The van der Waals surface area contributed by atoms with Crippen molar-refractivity contribution in [1.82, 2.24) is 0 Å². The van der Waals surface area contributed by atoms with Crippen LogP contribution in [-0.2, 0) is 0 Å². The van der Waals surface area contributed by atoms with Crippen molar-refractivity contribution in [2.45, 2.75) is 38.1 Å². The highest BCUT2D eigenvalue weighted by molar-refractivity contribution is 9.10. The number of benzene rings is 1. The molecule has 1 saturated carbocycles. The van der Waals surface area contributed by atoms with E-state index in [2.05, 4.69) is 26.0 Å². The SMILES string of the molecule is N/C(=N/O)c1cc(Br)ccc1N(CCO)C1CCCCC1. The minimum atomic E-state index is 0.0855. The van der Waals surface area contributed by atoms with E-state index < -0.39 is 0 Å². The van der Waals surface area contributed by atoms with Crippen LogP contribution in [0.25, 0.3) is 0 Å². The Morgan fingerprint density at radius 3 is 2.67 bits per heavy atom. The number of rotatable bonds is 5. The van der Waals surface area contributed by atoms with Gasteiger partial charge in [-0.25, -0.2) is 0 Å². The van der Waals surface area contributed by atoms with Crippen LogP contribution in [-0.4, -0.2) is 35.3 Å². The molecule has 1 aromatic rings. The average molecular weight is 356 g/mol. The smallest absolute Gasteiger partial charge is 0.172 e. The molecule has 6 heteroatoms. The molecule has 5 nitrogen and oxygen atoms in total. The van der Waals surface area contributed by atoms with E-state index in [4.69, 9.17) is 10.9 Å². The van der Waals surface area contributed by atoms with Crippen molar-refractivity contribution in [3.63, 3.8) is 0 Å². The van der Waals surface area contributed by atoms with Crippen LogP contribution >= 0.6 is 15.9 Å². The molecule has 4 N–H and O–H groups in total. The maximum absolute atomic E-state index is 9.41. The van der Waals surface area contributed by atoms with E-state index in [1.165, 1.54) is 19.3 Å². The third-order valence-electron chi connectivity index (χ3n) is 4.01. The molecule has 0 atom stereocenters. The summed E-state index contributed by atoms with van der Waals surface area (Å²) in [5.41, 5.74) is 7.42. The summed E-state index contributed by atoms with van der Waals surface area (Å²) in [7, 11) is 0. The van der Waals surface area contributed by atoms with Gasteiger partial charge < -0.3 is 20.9 Å². The second-order valence-electron chi connectivity index (χ2n) is 5.36. The topological polar surface area (TPSA) is 82.1 Å². The van der Waals surface area contributed by atoms with E-state index in [0.717, 1.165) is 23.0 Å². The molecular weight excluding hydrogens is 334 g/mol. The molecule has 2 rings (SSSR count). The highest BCUT2D eigenvalue weighted by Crippen LogP contribution is 2.31. The molecular formula is C15H22BrN3O2. The van der Waals surface area contributed by atoms with Crippen molar-refractivity contribution in [2.75, 3.05) is 18.1 Å². The number of anilines is 1. The fraction of sp³-hybridized carbons (Fsp3) is 0.533. The summed E-state index contributed by atoms with van der Waals surface area (Å²) in [4.78, 5) is 2.19. The fourth-order valence-electron chi connectivity index (χ4n) is 3.02. The van der Waals surface area contributed by atoms with Crippen LogP contribution in [0.3, 0.4) is 0 Å². The molecule has 0 aromatic heterocycles. The van der Waals surface area contributed by atoms with E-state index in [1.807, 2.05) is 18.2 Å². The van der Waals surface area contributed by atoms with E-state index >= 15 is 0 Å². The molecule has 1 aliphatic rings. The van der Waals surface area contributed by atoms with Crippen molar-refractivity contribution in [3.8, 4) is 0 Å². The molecule has 21 heavy (non-hydrogen) atoms. The largest absolute Gasteiger partial charge is 0.409 e. The monoisotopic (exact) mass is 355 g/mol. The van der Waals surface area contributed by atoms with Crippen molar-refractivity contribution in [2.24, 2.45) is 10.9 Å². The summed E-state index contributed by atoms with van der Waals surface area (Å²) in [6.07, 6.45) is 5.93. The molecule has 0 heterocycles. The summed E-state index contributed by atoms with van der Waals surface area (Å²) < 4.78 is 0.875. The first-order valence-electron chi connectivity index (χ1n) is 7.32. The summed E-state index contributed by atoms with van der Waals surface area (Å²) in [6, 6.07) is 6.15. The van der Waals surface area contributed by atoms with Crippen LogP contribution in [0.1, 0.15) is 37.7 Å². The van der Waals surface area contributed by atoms with Gasteiger partial charge in [0.1, 0.15) is 0 Å². The zero-order valence-corrected chi connectivity index (χ0v) is 13.6. The maximum atomic E-state index is 9.41. The summed E-state index contributed by atoms with van der Waals surface area (Å²) in [5, 5.41) is 21.5. The first-order chi connectivity index (χ1) is 10.2. The quantitative estimate of drug-likeness (QED) is 0.328. The lowest BCUT2D eigenvalue weighted by molar-refractivity contribution is 0.290. The Balaban J connectivity index is 2.39. The van der Waals surface area contributed by atoms with Crippen molar-refractivity contribution in [1.29, 1.82) is 0 Å². The Kier molecular flexibility index (Phi) is 5.87. The Morgan fingerprint density at radius 2 is 2.05 bits per heavy atom. The van der Waals surface area contributed by atoms with Gasteiger partial charge in [0.2, 0.25) is 0 Å². The lowest BCUT2D eigenvalue weighted by atomic mass is 9.93. The number of amidine groups is 1. The highest BCUT2D eigenvalue weighted by Gasteiger charge is 2.24. The number of oxime groups is 1. The average Bonchev–Trinajstić information content (AvgIpc) is 2.53. The fourth-order valence-corrected chi connectivity index (χ4v) is 3.38. The van der Waals surface area contributed by atoms with Crippen molar-refractivity contribution >= 4 is 27.5 Å². The Labute approximate surface area is 133 Å². The second kappa shape index (κ2) is 7.66. The van der Waals surface area contributed by atoms with Gasteiger partial charge >= 0.3 is 0 Å². The predicted molar refractivity (Wildman–Crippen MR) is 88.0 cm³/mol. The lowest BCUT2D eigenvalue weighted by Gasteiger charge is -2.37. The van der Waals surface area contributed by atoms with E-state index in [-0.39, 0.29) is 12.4 Å². The van der Waals surface area contributed by atoms with Crippen LogP contribution in [0.4, 0.5) is 5.69 Å². The third-order valence-corrected chi connectivity index (χ3v) is 4.50. The van der Waals surface area contributed by atoms with Crippen molar-refractivity contribution < 1.29 is 10.3 Å². The number of nitrogens with two attached hydrogens (primary N) is 1. The summed E-state index contributed by atoms with van der Waals surface area (Å²) in [5.74, 6) is 0.0880. The van der Waals surface area contributed by atoms with Crippen LogP contribution in [0.5, 0.6) is 0 Å². The summed E-state index contributed by atoms with van der Waals surface area (Å²) in [6.45, 7) is 0.639. The van der Waals surface area contributed by atoms with Crippen LogP contribution in [0, 0.1) is 0 Å². The zero-order valence-electron chi connectivity index (χ0n) is 12.0. The number of hydrogen-bond acceptors (Lipinski definition) is 4. The van der Waals surface area contributed by atoms with Gasteiger partial charge in [-0.15, -0.1) is 0 Å². The molecule has 116 valence electrons. The lowest BCUT2D eigenvalue weighted by Crippen LogP contribution is -2.40. The first kappa shape index (κ1) is 16.1. The van der Waals surface area contributed by atoms with Gasteiger partial charge in [-0.05, 0) is 31.0 Å². The minimum Gasteiger partial charge on any atom is -0.409 e. The Bertz CT molecular complexity index is 502. The molecule has 0 spiro atoms. The standard InChI is InChI=1S/C15H22BrN3O2/c16-11-6-7-14(13(10-11)15(17)18-21)19(8-9-20)12-4-2-1-3-5-12/h6-7,10,12,20-21H,1-5,8-9H2,(H2,17,18). The summed E-state index contributed by atoms with van der Waals surface area (Å²) >= 11 is 3.42. The molecule has 0 aliphatic heterocycles. The highest BCUT2D eigenvalue weighted by atomic mass is 79.9. The molecule has 0 saturated heterocycles. The van der Waals surface area contributed by atoms with Crippen LogP contribution < -0.4 is 10.6 Å². The third kappa shape index (κ3) is 3.89. The van der Waals surface area contributed by atoms with Crippen LogP contribution in [0.2, 0.25) is 0 Å².